The lowest BCUT2D eigenvalue weighted by Gasteiger charge is -2.45. The molecule has 0 amide bonds. The van der Waals surface area contributed by atoms with E-state index in [2.05, 4.69) is 20.4 Å². The van der Waals surface area contributed by atoms with Crippen molar-refractivity contribution in [2.24, 2.45) is 7.05 Å². The molecule has 2 N–H and O–H groups in total. The first-order valence-electron chi connectivity index (χ1n) is 11.4. The highest BCUT2D eigenvalue weighted by Gasteiger charge is 2.47. The molecule has 0 bridgehead atoms. The lowest BCUT2D eigenvalue weighted by molar-refractivity contribution is -0.143. The van der Waals surface area contributed by atoms with Gasteiger partial charge in [-0.3, -0.25) is 9.58 Å². The van der Waals surface area contributed by atoms with E-state index in [9.17, 15) is 18.3 Å². The number of alkyl halides is 4. The first kappa shape index (κ1) is 25.1. The summed E-state index contributed by atoms with van der Waals surface area (Å²) in [6.07, 6.45) is -3.59. The second-order valence-corrected chi connectivity index (χ2v) is 9.93. The van der Waals surface area contributed by atoms with Gasteiger partial charge in [-0.25, -0.2) is 14.4 Å². The van der Waals surface area contributed by atoms with E-state index in [1.807, 2.05) is 11.8 Å². The Hall–Kier alpha value is -2.54. The molecule has 2 aliphatic heterocycles. The number of hydrogen-bond donors (Lipinski definition) is 2. The molecule has 2 aromatic heterocycles. The van der Waals surface area contributed by atoms with Crippen LogP contribution in [-0.4, -0.2) is 73.9 Å². The van der Waals surface area contributed by atoms with Gasteiger partial charge in [0.25, 0.3) is 0 Å². The molecule has 5 rings (SSSR count). The Morgan fingerprint density at radius 2 is 2.06 bits per heavy atom. The van der Waals surface area contributed by atoms with Crippen LogP contribution in [-0.2, 0) is 18.0 Å². The number of piperidine rings is 1. The third kappa shape index (κ3) is 4.40. The minimum absolute atomic E-state index is 0.0518. The van der Waals surface area contributed by atoms with Gasteiger partial charge in [-0.05, 0) is 37.6 Å². The average Bonchev–Trinajstić information content (AvgIpc) is 3.35. The number of fused-ring (bicyclic) bond motifs is 1. The average molecular weight is 529 g/mol. The molecule has 0 aliphatic carbocycles. The number of hydrogen-bond acceptors (Lipinski definition) is 7. The standard InChI is InChI=1S/C23H25ClF4N6O2/c1-22(11-36-10-19(22)35)34-4-3-13(16(25)9-34)14-6-17-12(5-15(14)24)7-29-21(31-17)32-18-8-30-33(2)20(18)23(26,27)28/h5-8,13,16,19,35H,3-4,9-11H2,1-2H3,(H,29,31,32)/t13?,16?,19?,22-/m1/s1. The Labute approximate surface area is 209 Å². The number of ether oxygens (including phenoxy) is 1. The van der Waals surface area contributed by atoms with Crippen LogP contribution in [0.25, 0.3) is 10.9 Å². The Morgan fingerprint density at radius 1 is 1.28 bits per heavy atom. The molecule has 13 heteroatoms. The van der Waals surface area contributed by atoms with Crippen molar-refractivity contribution < 1.29 is 27.4 Å². The van der Waals surface area contributed by atoms with Gasteiger partial charge in [-0.15, -0.1) is 0 Å². The molecule has 0 spiro atoms. The number of aliphatic hydroxyl groups is 1. The van der Waals surface area contributed by atoms with Crippen LogP contribution in [0.4, 0.5) is 29.2 Å². The predicted octanol–water partition coefficient (Wildman–Crippen LogP) is 4.06. The summed E-state index contributed by atoms with van der Waals surface area (Å²) in [4.78, 5) is 10.4. The van der Waals surface area contributed by atoms with Crippen LogP contribution in [0, 0.1) is 0 Å². The zero-order valence-corrected chi connectivity index (χ0v) is 20.3. The molecule has 0 saturated carbocycles. The van der Waals surface area contributed by atoms with Crippen molar-refractivity contribution in [3.63, 3.8) is 0 Å². The third-order valence-electron chi connectivity index (χ3n) is 7.20. The zero-order valence-electron chi connectivity index (χ0n) is 19.6. The van der Waals surface area contributed by atoms with E-state index in [1.54, 1.807) is 12.1 Å². The molecule has 3 unspecified atom stereocenters. The molecule has 2 aliphatic rings. The Morgan fingerprint density at radius 3 is 2.72 bits per heavy atom. The smallest absolute Gasteiger partial charge is 0.389 e. The zero-order chi connectivity index (χ0) is 25.8. The number of nitrogens with zero attached hydrogens (tertiary/aromatic N) is 5. The van der Waals surface area contributed by atoms with E-state index in [1.165, 1.54) is 13.2 Å². The summed E-state index contributed by atoms with van der Waals surface area (Å²) in [5.41, 5.74) is -0.877. The number of rotatable bonds is 4. The maximum absolute atomic E-state index is 15.5. The maximum Gasteiger partial charge on any atom is 0.435 e. The Bertz CT molecular complexity index is 1290. The summed E-state index contributed by atoms with van der Waals surface area (Å²) in [5.74, 6) is -0.549. The number of benzene rings is 1. The van der Waals surface area contributed by atoms with Gasteiger partial charge in [-0.1, -0.05) is 11.6 Å². The van der Waals surface area contributed by atoms with Gasteiger partial charge in [0.15, 0.2) is 5.69 Å². The fourth-order valence-corrected chi connectivity index (χ4v) is 5.38. The first-order chi connectivity index (χ1) is 17.0. The van der Waals surface area contributed by atoms with Crippen molar-refractivity contribution in [1.82, 2.24) is 24.6 Å². The van der Waals surface area contributed by atoms with Crippen LogP contribution >= 0.6 is 11.6 Å². The van der Waals surface area contributed by atoms with Crippen molar-refractivity contribution in [2.75, 3.05) is 31.6 Å². The van der Waals surface area contributed by atoms with Gasteiger partial charge < -0.3 is 15.2 Å². The maximum atomic E-state index is 15.5. The molecular weight excluding hydrogens is 504 g/mol. The van der Waals surface area contributed by atoms with Crippen molar-refractivity contribution in [2.45, 2.75) is 43.3 Å². The highest BCUT2D eigenvalue weighted by atomic mass is 35.5. The molecule has 3 aromatic rings. The fraction of sp³-hybridized carbons (Fsp3) is 0.522. The van der Waals surface area contributed by atoms with Crippen molar-refractivity contribution in [3.8, 4) is 0 Å². The number of aryl methyl sites for hydroxylation is 1. The van der Waals surface area contributed by atoms with Gasteiger partial charge in [0, 0.05) is 36.1 Å². The number of halogens is 5. The van der Waals surface area contributed by atoms with E-state index in [0.717, 1.165) is 10.9 Å². The summed E-state index contributed by atoms with van der Waals surface area (Å²) in [5, 5.41) is 17.5. The van der Waals surface area contributed by atoms with E-state index in [-0.39, 0.29) is 24.8 Å². The monoisotopic (exact) mass is 528 g/mol. The van der Waals surface area contributed by atoms with Crippen LogP contribution in [0.2, 0.25) is 5.02 Å². The summed E-state index contributed by atoms with van der Waals surface area (Å²) in [7, 11) is 1.20. The molecule has 4 heterocycles. The second kappa shape index (κ2) is 9.09. The van der Waals surface area contributed by atoms with Crippen LogP contribution in [0.15, 0.2) is 24.5 Å². The van der Waals surface area contributed by atoms with Crippen LogP contribution in [0.3, 0.4) is 0 Å². The summed E-state index contributed by atoms with van der Waals surface area (Å²) < 4.78 is 61.8. The van der Waals surface area contributed by atoms with Crippen molar-refractivity contribution in [1.29, 1.82) is 0 Å². The largest absolute Gasteiger partial charge is 0.435 e. The molecule has 0 radical (unpaired) electrons. The molecular formula is C23H25ClF4N6O2. The van der Waals surface area contributed by atoms with Gasteiger partial charge in [-0.2, -0.15) is 18.3 Å². The molecule has 1 aromatic carbocycles. The first-order valence-corrected chi connectivity index (χ1v) is 11.8. The lowest BCUT2D eigenvalue weighted by atomic mass is 9.84. The molecule has 2 fully saturated rings. The van der Waals surface area contributed by atoms with Crippen molar-refractivity contribution >= 4 is 34.1 Å². The van der Waals surface area contributed by atoms with Gasteiger partial charge in [0.05, 0.1) is 42.3 Å². The Balaban J connectivity index is 1.40. The molecule has 2 saturated heterocycles. The van der Waals surface area contributed by atoms with Gasteiger partial charge in [0.2, 0.25) is 5.95 Å². The highest BCUT2D eigenvalue weighted by Crippen LogP contribution is 2.40. The lowest BCUT2D eigenvalue weighted by Crippen LogP contribution is -2.58. The van der Waals surface area contributed by atoms with Gasteiger partial charge >= 0.3 is 6.18 Å². The summed E-state index contributed by atoms with van der Waals surface area (Å²) >= 11 is 6.51. The molecule has 36 heavy (non-hydrogen) atoms. The van der Waals surface area contributed by atoms with E-state index >= 15 is 4.39 Å². The molecule has 194 valence electrons. The quantitative estimate of drug-likeness (QED) is 0.494. The number of aromatic nitrogens is 4. The summed E-state index contributed by atoms with van der Waals surface area (Å²) in [6.45, 7) is 3.10. The van der Waals surface area contributed by atoms with Gasteiger partial charge in [0.1, 0.15) is 6.17 Å². The van der Waals surface area contributed by atoms with E-state index in [0.29, 0.717) is 41.1 Å². The van der Waals surface area contributed by atoms with Crippen LogP contribution in [0.1, 0.15) is 30.5 Å². The minimum atomic E-state index is -4.62. The topological polar surface area (TPSA) is 88.3 Å². The Kier molecular flexibility index (Phi) is 6.34. The number of anilines is 2. The third-order valence-corrected chi connectivity index (χ3v) is 7.53. The SMILES string of the molecule is Cn1ncc(Nc2ncc3cc(Cl)c(C4CCN([C@]5(C)COCC5O)CC4F)cc3n2)c1C(F)(F)F. The van der Waals surface area contributed by atoms with Crippen LogP contribution in [0.5, 0.6) is 0 Å². The number of likely N-dealkylation sites (tertiary alicyclic amines) is 1. The number of aliphatic hydroxyl groups excluding tert-OH is 1. The normalized spacial score (nSPS) is 27.6. The summed E-state index contributed by atoms with van der Waals surface area (Å²) in [6, 6.07) is 3.30. The van der Waals surface area contributed by atoms with Crippen molar-refractivity contribution in [3.05, 3.63) is 40.8 Å². The number of nitrogens with one attached hydrogen (secondary N) is 1. The fourth-order valence-electron chi connectivity index (χ4n) is 5.07. The van der Waals surface area contributed by atoms with E-state index in [4.69, 9.17) is 16.3 Å². The highest BCUT2D eigenvalue weighted by molar-refractivity contribution is 6.32. The van der Waals surface area contributed by atoms with E-state index < -0.39 is 35.6 Å². The molecule has 8 nitrogen and oxygen atoms in total. The predicted molar refractivity (Wildman–Crippen MR) is 125 cm³/mol. The minimum Gasteiger partial charge on any atom is -0.389 e. The second-order valence-electron chi connectivity index (χ2n) is 9.52. The molecule has 4 atom stereocenters. The van der Waals surface area contributed by atoms with Crippen LogP contribution < -0.4 is 5.32 Å².